The molecule has 0 spiro atoms. The van der Waals surface area contributed by atoms with E-state index >= 15 is 0 Å². The van der Waals surface area contributed by atoms with Crippen LogP contribution in [0.5, 0.6) is 0 Å². The van der Waals surface area contributed by atoms with Gasteiger partial charge in [0.05, 0.1) is 5.56 Å². The van der Waals surface area contributed by atoms with Crippen molar-refractivity contribution in [3.8, 4) is 0 Å². The Balaban J connectivity index is 1.96. The lowest BCUT2D eigenvalue weighted by molar-refractivity contribution is 0.0996. The third-order valence-electron chi connectivity index (χ3n) is 3.90. The molecule has 1 heterocycles. The Morgan fingerprint density at radius 3 is 2.70 bits per heavy atom. The van der Waals surface area contributed by atoms with Gasteiger partial charge in [-0.05, 0) is 44.1 Å². The molecule has 126 valence electrons. The summed E-state index contributed by atoms with van der Waals surface area (Å²) in [5.41, 5.74) is 5.18. The van der Waals surface area contributed by atoms with E-state index in [9.17, 15) is 14.0 Å². The van der Waals surface area contributed by atoms with E-state index in [0.29, 0.717) is 18.8 Å². The molecule has 23 heavy (non-hydrogen) atoms. The monoisotopic (exact) mass is 322 g/mol. The molecule has 7 heteroatoms. The summed E-state index contributed by atoms with van der Waals surface area (Å²) < 4.78 is 13.7. The number of nitrogens with one attached hydrogen (secondary N) is 1. The number of hydrogen-bond acceptors (Lipinski definition) is 3. The van der Waals surface area contributed by atoms with Crippen LogP contribution in [0.2, 0.25) is 0 Å². The van der Waals surface area contributed by atoms with Crippen molar-refractivity contribution >= 4 is 17.6 Å². The van der Waals surface area contributed by atoms with Crippen molar-refractivity contribution in [2.45, 2.75) is 19.8 Å². The van der Waals surface area contributed by atoms with Crippen LogP contribution in [0, 0.1) is 5.82 Å². The highest BCUT2D eigenvalue weighted by atomic mass is 19.1. The second-order valence-corrected chi connectivity index (χ2v) is 5.67. The third-order valence-corrected chi connectivity index (χ3v) is 3.90. The first-order chi connectivity index (χ1) is 11.0. The number of benzene rings is 1. The highest BCUT2D eigenvalue weighted by molar-refractivity contribution is 5.94. The lowest BCUT2D eigenvalue weighted by Gasteiger charge is -2.22. The molecule has 0 bridgehead atoms. The topological polar surface area (TPSA) is 78.7 Å². The van der Waals surface area contributed by atoms with Gasteiger partial charge in [-0.3, -0.25) is 4.79 Å². The molecule has 0 saturated carbocycles. The van der Waals surface area contributed by atoms with E-state index in [1.165, 1.54) is 12.1 Å². The number of rotatable bonds is 4. The number of carbonyl (C=O) groups excluding carboxylic acids is 2. The van der Waals surface area contributed by atoms with Gasteiger partial charge in [0.2, 0.25) is 0 Å². The molecule has 1 aromatic rings. The zero-order chi connectivity index (χ0) is 16.8. The lowest BCUT2D eigenvalue weighted by Crippen LogP contribution is -2.38. The molecule has 3 N–H and O–H groups in total. The summed E-state index contributed by atoms with van der Waals surface area (Å²) in [5.74, 6) is -1.57. The smallest absolute Gasteiger partial charge is 0.321 e. The molecule has 1 saturated heterocycles. The van der Waals surface area contributed by atoms with Gasteiger partial charge in [-0.25, -0.2) is 9.18 Å². The van der Waals surface area contributed by atoms with Crippen LogP contribution >= 0.6 is 0 Å². The number of carbonyl (C=O) groups is 2. The van der Waals surface area contributed by atoms with Gasteiger partial charge in [0.1, 0.15) is 5.82 Å². The molecule has 1 aliphatic rings. The van der Waals surface area contributed by atoms with Gasteiger partial charge >= 0.3 is 6.03 Å². The number of nitrogens with two attached hydrogens (primary N) is 1. The first-order valence-electron chi connectivity index (χ1n) is 7.89. The van der Waals surface area contributed by atoms with E-state index in [2.05, 4.69) is 17.1 Å². The van der Waals surface area contributed by atoms with Gasteiger partial charge in [0, 0.05) is 25.3 Å². The van der Waals surface area contributed by atoms with Gasteiger partial charge in [-0.15, -0.1) is 0 Å². The predicted octanol–water partition coefficient (Wildman–Crippen LogP) is 1.87. The maximum atomic E-state index is 13.7. The van der Waals surface area contributed by atoms with Crippen molar-refractivity contribution in [1.82, 2.24) is 9.80 Å². The number of anilines is 1. The first kappa shape index (κ1) is 17.2. The Labute approximate surface area is 135 Å². The summed E-state index contributed by atoms with van der Waals surface area (Å²) in [6.07, 6.45) is 2.01. The Kier molecular flexibility index (Phi) is 5.92. The number of hydrogen-bond donors (Lipinski definition) is 2. The fraction of sp³-hybridized carbons (Fsp3) is 0.500. The van der Waals surface area contributed by atoms with Crippen molar-refractivity contribution in [2.24, 2.45) is 5.73 Å². The van der Waals surface area contributed by atoms with Crippen molar-refractivity contribution in [1.29, 1.82) is 0 Å². The second-order valence-electron chi connectivity index (χ2n) is 5.67. The molecule has 0 radical (unpaired) electrons. The van der Waals surface area contributed by atoms with Gasteiger partial charge in [0.15, 0.2) is 0 Å². The average molecular weight is 322 g/mol. The van der Waals surface area contributed by atoms with Crippen LogP contribution in [0.1, 0.15) is 30.1 Å². The molecule has 0 atom stereocenters. The van der Waals surface area contributed by atoms with Gasteiger partial charge in [-0.2, -0.15) is 0 Å². The molecule has 1 aromatic carbocycles. The lowest BCUT2D eigenvalue weighted by atomic mass is 10.2. The third kappa shape index (κ3) is 4.66. The number of urea groups is 1. The zero-order valence-electron chi connectivity index (χ0n) is 13.3. The molecule has 0 aromatic heterocycles. The van der Waals surface area contributed by atoms with Crippen LogP contribution in [0.4, 0.5) is 14.9 Å². The van der Waals surface area contributed by atoms with Crippen LogP contribution in [-0.2, 0) is 0 Å². The fourth-order valence-electron chi connectivity index (χ4n) is 2.71. The van der Waals surface area contributed by atoms with Crippen molar-refractivity contribution in [2.75, 3.05) is 38.0 Å². The molecule has 0 unspecified atom stereocenters. The molecule has 1 fully saturated rings. The van der Waals surface area contributed by atoms with Gasteiger partial charge < -0.3 is 20.9 Å². The van der Waals surface area contributed by atoms with E-state index in [1.54, 1.807) is 4.90 Å². The highest BCUT2D eigenvalue weighted by Crippen LogP contribution is 2.15. The van der Waals surface area contributed by atoms with Crippen molar-refractivity contribution in [3.05, 3.63) is 29.6 Å². The van der Waals surface area contributed by atoms with Crippen molar-refractivity contribution < 1.29 is 14.0 Å². The standard InChI is InChI=1S/C16H23FN4O2/c1-2-6-20-7-3-8-21(10-9-20)16(23)19-12-4-5-13(15(18)22)14(17)11-12/h4-5,11H,2-3,6-10H2,1H3,(H2,18,22)(H,19,23). The number of halogens is 1. The Bertz CT molecular complexity index is 579. The predicted molar refractivity (Wildman–Crippen MR) is 86.9 cm³/mol. The molecular formula is C16H23FN4O2. The molecule has 6 nitrogen and oxygen atoms in total. The van der Waals surface area contributed by atoms with E-state index in [1.807, 2.05) is 0 Å². The van der Waals surface area contributed by atoms with E-state index in [-0.39, 0.29) is 11.6 Å². The number of nitrogens with zero attached hydrogens (tertiary/aromatic N) is 2. The Morgan fingerprint density at radius 1 is 1.26 bits per heavy atom. The molecule has 3 amide bonds. The molecule has 2 rings (SSSR count). The zero-order valence-corrected chi connectivity index (χ0v) is 13.3. The summed E-state index contributed by atoms with van der Waals surface area (Å²) in [5, 5.41) is 2.67. The maximum absolute atomic E-state index is 13.7. The molecule has 0 aliphatic carbocycles. The minimum atomic E-state index is -0.830. The quantitative estimate of drug-likeness (QED) is 0.888. The van der Waals surface area contributed by atoms with Gasteiger partial charge in [-0.1, -0.05) is 6.92 Å². The average Bonchev–Trinajstić information content (AvgIpc) is 2.73. The van der Waals surface area contributed by atoms with Crippen LogP contribution in [0.25, 0.3) is 0 Å². The summed E-state index contributed by atoms with van der Waals surface area (Å²) in [6, 6.07) is 3.61. The Morgan fingerprint density at radius 2 is 2.04 bits per heavy atom. The number of amides is 3. The van der Waals surface area contributed by atoms with Crippen LogP contribution < -0.4 is 11.1 Å². The summed E-state index contributed by atoms with van der Waals surface area (Å²) >= 11 is 0. The highest BCUT2D eigenvalue weighted by Gasteiger charge is 2.19. The second kappa shape index (κ2) is 7.92. The van der Waals surface area contributed by atoms with E-state index < -0.39 is 11.7 Å². The summed E-state index contributed by atoms with van der Waals surface area (Å²) in [4.78, 5) is 27.4. The minimum Gasteiger partial charge on any atom is -0.366 e. The number of primary amides is 1. The van der Waals surface area contributed by atoms with Gasteiger partial charge in [0.25, 0.3) is 5.91 Å². The van der Waals surface area contributed by atoms with Crippen LogP contribution in [0.15, 0.2) is 18.2 Å². The van der Waals surface area contributed by atoms with E-state index in [4.69, 9.17) is 5.73 Å². The molecular weight excluding hydrogens is 299 g/mol. The summed E-state index contributed by atoms with van der Waals surface area (Å²) in [6.45, 7) is 6.33. The fourth-order valence-corrected chi connectivity index (χ4v) is 2.71. The maximum Gasteiger partial charge on any atom is 0.321 e. The van der Waals surface area contributed by atoms with Crippen molar-refractivity contribution in [3.63, 3.8) is 0 Å². The largest absolute Gasteiger partial charge is 0.366 e. The van der Waals surface area contributed by atoms with E-state index in [0.717, 1.165) is 38.5 Å². The Hall–Kier alpha value is -2.15. The minimum absolute atomic E-state index is 0.187. The SMILES string of the molecule is CCCN1CCCN(C(=O)Nc2ccc(C(N)=O)c(F)c2)CC1. The molecule has 1 aliphatic heterocycles. The first-order valence-corrected chi connectivity index (χ1v) is 7.89. The van der Waals surface area contributed by atoms with Crippen LogP contribution in [-0.4, -0.2) is 54.5 Å². The normalized spacial score (nSPS) is 16.0. The van der Waals surface area contributed by atoms with Crippen LogP contribution in [0.3, 0.4) is 0 Å². The summed E-state index contributed by atoms with van der Waals surface area (Å²) in [7, 11) is 0.